The van der Waals surface area contributed by atoms with Crippen LogP contribution in [0, 0.1) is 12.5 Å². The molecule has 1 aliphatic carbocycles. The highest BCUT2D eigenvalue weighted by molar-refractivity contribution is 6.31. The minimum Gasteiger partial charge on any atom is -0.502 e. The Morgan fingerprint density at radius 2 is 2.00 bits per heavy atom. The number of ketones is 1. The van der Waals surface area contributed by atoms with Crippen LogP contribution in [0.25, 0.3) is 15.7 Å². The highest BCUT2D eigenvalue weighted by atomic mass is 35.5. The number of nitrogens with zero attached hydrogens (tertiary/aromatic N) is 3. The van der Waals surface area contributed by atoms with E-state index in [1.54, 1.807) is 36.5 Å². The molecule has 1 heterocycles. The first kappa shape index (κ1) is 26.9. The number of Topliss-reactive ketones (excluding diaryl/α,β-unsaturated/α-hetero) is 1. The summed E-state index contributed by atoms with van der Waals surface area (Å²) >= 11 is 6.46. The molecule has 8 heteroatoms. The van der Waals surface area contributed by atoms with Crippen LogP contribution in [0.1, 0.15) is 38.7 Å². The maximum atomic E-state index is 12.2. The van der Waals surface area contributed by atoms with Crippen molar-refractivity contribution in [3.63, 3.8) is 0 Å². The second-order valence-electron chi connectivity index (χ2n) is 9.43. The third-order valence-corrected chi connectivity index (χ3v) is 6.90. The molecule has 0 bridgehead atoms. The zero-order valence-corrected chi connectivity index (χ0v) is 22.0. The first-order chi connectivity index (χ1) is 17.9. The van der Waals surface area contributed by atoms with E-state index in [0.29, 0.717) is 64.2 Å². The lowest BCUT2D eigenvalue weighted by atomic mass is 10.0. The minimum atomic E-state index is -0.673. The maximum Gasteiger partial charge on any atom is 0.229 e. The van der Waals surface area contributed by atoms with Crippen LogP contribution >= 0.6 is 11.6 Å². The topological polar surface area (TPSA) is 76.2 Å². The van der Waals surface area contributed by atoms with Crippen molar-refractivity contribution in [2.24, 2.45) is 5.92 Å². The van der Waals surface area contributed by atoms with E-state index in [-0.39, 0.29) is 12.4 Å². The highest BCUT2D eigenvalue weighted by Crippen LogP contribution is 2.38. The molecule has 0 radical (unpaired) electrons. The van der Waals surface area contributed by atoms with E-state index in [2.05, 4.69) is 14.7 Å². The zero-order valence-electron chi connectivity index (χ0n) is 21.2. The summed E-state index contributed by atoms with van der Waals surface area (Å²) in [6, 6.07) is 10.4. The number of halogens is 1. The number of carbonyl (C=O) groups excluding carboxylic acids is 1. The molecule has 1 fully saturated rings. The number of likely N-dealkylation sites (N-methyl/N-ethyl adjacent to an activating group) is 1. The van der Waals surface area contributed by atoms with Crippen molar-refractivity contribution in [2.75, 3.05) is 26.2 Å². The summed E-state index contributed by atoms with van der Waals surface area (Å²) in [6.07, 6.45) is 4.20. The van der Waals surface area contributed by atoms with Crippen LogP contribution < -0.4 is 9.47 Å². The third kappa shape index (κ3) is 7.20. The molecule has 0 unspecified atom stereocenters. The summed E-state index contributed by atoms with van der Waals surface area (Å²) in [4.78, 5) is 22.4. The van der Waals surface area contributed by atoms with Gasteiger partial charge in [-0.05, 0) is 67.7 Å². The van der Waals surface area contributed by atoms with E-state index in [0.717, 1.165) is 31.5 Å². The first-order valence-electron chi connectivity index (χ1n) is 12.7. The molecule has 7 nitrogen and oxygen atoms in total. The fourth-order valence-electron chi connectivity index (χ4n) is 4.24. The Bertz CT molecular complexity index is 1300. The summed E-state index contributed by atoms with van der Waals surface area (Å²) in [5, 5.41) is 11.5. The smallest absolute Gasteiger partial charge is 0.229 e. The number of aliphatic hydroxyl groups is 1. The molecule has 1 aromatic heterocycles. The van der Waals surface area contributed by atoms with Crippen molar-refractivity contribution < 1.29 is 19.4 Å². The third-order valence-electron chi connectivity index (χ3n) is 6.55. The van der Waals surface area contributed by atoms with Crippen molar-refractivity contribution >= 4 is 34.0 Å². The van der Waals surface area contributed by atoms with Crippen LogP contribution in [0.15, 0.2) is 42.6 Å². The Morgan fingerprint density at radius 1 is 1.22 bits per heavy atom. The van der Waals surface area contributed by atoms with Gasteiger partial charge in [0, 0.05) is 36.0 Å². The van der Waals surface area contributed by atoms with Crippen molar-refractivity contribution in [2.45, 2.75) is 45.6 Å². The van der Waals surface area contributed by atoms with Gasteiger partial charge in [0.05, 0.1) is 12.1 Å². The second-order valence-corrected chi connectivity index (χ2v) is 9.83. The second kappa shape index (κ2) is 12.4. The van der Waals surface area contributed by atoms with Gasteiger partial charge < -0.3 is 19.5 Å². The Morgan fingerprint density at radius 3 is 2.68 bits per heavy atom. The number of hydrogen-bond donors (Lipinski definition) is 1. The Kier molecular flexibility index (Phi) is 8.99. The van der Waals surface area contributed by atoms with Gasteiger partial charge in [0.15, 0.2) is 0 Å². The number of hydrogen-bond acceptors (Lipinski definition) is 6. The van der Waals surface area contributed by atoms with Crippen LogP contribution in [0.4, 0.5) is 5.69 Å². The van der Waals surface area contributed by atoms with E-state index in [1.165, 1.54) is 0 Å². The van der Waals surface area contributed by atoms with Gasteiger partial charge in [0.25, 0.3) is 0 Å². The molecule has 3 aromatic rings. The highest BCUT2D eigenvalue weighted by Gasteiger charge is 2.24. The monoisotopic (exact) mass is 521 g/mol. The minimum absolute atomic E-state index is 0.0781. The van der Waals surface area contributed by atoms with Gasteiger partial charge in [0.2, 0.25) is 5.69 Å². The van der Waals surface area contributed by atoms with Gasteiger partial charge in [-0.1, -0.05) is 31.5 Å². The number of rotatable bonds is 13. The fraction of sp³-hybridized carbons (Fsp3) is 0.414. The van der Waals surface area contributed by atoms with Crippen LogP contribution in [0.2, 0.25) is 5.02 Å². The zero-order chi connectivity index (χ0) is 26.4. The molecule has 37 heavy (non-hydrogen) atoms. The molecule has 1 atom stereocenters. The van der Waals surface area contributed by atoms with Gasteiger partial charge in [-0.3, -0.25) is 9.78 Å². The SMILES string of the molecule is [C-]#[N+]c1cc2c(Oc3ccc(CC(=O)CC4CC4)c(Cl)c3)ccnc2cc1OC[C@H](O)CN(CC)CC. The number of carbonyl (C=O) groups is 1. The van der Waals surface area contributed by atoms with Gasteiger partial charge in [0.1, 0.15) is 35.7 Å². The lowest BCUT2D eigenvalue weighted by Crippen LogP contribution is -2.35. The summed E-state index contributed by atoms with van der Waals surface area (Å²) in [6.45, 7) is 14.0. The lowest BCUT2D eigenvalue weighted by Gasteiger charge is -2.22. The number of benzene rings is 2. The summed E-state index contributed by atoms with van der Waals surface area (Å²) in [5.41, 5.74) is 1.70. The number of pyridine rings is 1. The predicted molar refractivity (Wildman–Crippen MR) is 145 cm³/mol. The van der Waals surface area contributed by atoms with Crippen molar-refractivity contribution in [3.05, 3.63) is 64.6 Å². The molecule has 194 valence electrons. The van der Waals surface area contributed by atoms with Gasteiger partial charge >= 0.3 is 0 Å². The van der Waals surface area contributed by atoms with E-state index in [1.807, 2.05) is 19.9 Å². The Hall–Kier alpha value is -3.18. The molecule has 1 N–H and O–H groups in total. The number of aromatic nitrogens is 1. The predicted octanol–water partition coefficient (Wildman–Crippen LogP) is 6.22. The van der Waals surface area contributed by atoms with Crippen molar-refractivity contribution in [1.29, 1.82) is 0 Å². The van der Waals surface area contributed by atoms with Crippen LogP contribution in [-0.4, -0.2) is 53.1 Å². The molecule has 0 spiro atoms. The van der Waals surface area contributed by atoms with Crippen LogP contribution in [0.3, 0.4) is 0 Å². The summed E-state index contributed by atoms with van der Waals surface area (Å²) in [7, 11) is 0. The molecule has 0 aliphatic heterocycles. The summed E-state index contributed by atoms with van der Waals surface area (Å²) < 4.78 is 11.9. The fourth-order valence-corrected chi connectivity index (χ4v) is 4.48. The number of fused-ring (bicyclic) bond motifs is 1. The van der Waals surface area contributed by atoms with E-state index >= 15 is 0 Å². The van der Waals surface area contributed by atoms with Crippen molar-refractivity contribution in [1.82, 2.24) is 9.88 Å². The molecule has 0 saturated heterocycles. The quantitative estimate of drug-likeness (QED) is 0.269. The van der Waals surface area contributed by atoms with Gasteiger partial charge in [-0.2, -0.15) is 0 Å². The molecule has 4 rings (SSSR count). The van der Waals surface area contributed by atoms with Gasteiger partial charge in [-0.25, -0.2) is 4.85 Å². The standard InChI is InChI=1S/C29H32ClN3O4/c1-4-33(5-2)17-22(35)18-36-29-16-26-24(15-27(29)31-3)28(10-11-32-26)37-23-9-8-20(25(30)14-23)13-21(34)12-19-6-7-19/h8-11,14-16,19,22,35H,4-7,12-13,17-18H2,1-2H3/t22-/m1/s1. The van der Waals surface area contributed by atoms with Gasteiger partial charge in [-0.15, -0.1) is 0 Å². The first-order valence-corrected chi connectivity index (χ1v) is 13.1. The molecular formula is C29H32ClN3O4. The molecular weight excluding hydrogens is 490 g/mol. The average molecular weight is 522 g/mol. The maximum absolute atomic E-state index is 12.2. The van der Waals surface area contributed by atoms with Crippen LogP contribution in [-0.2, 0) is 11.2 Å². The lowest BCUT2D eigenvalue weighted by molar-refractivity contribution is -0.118. The van der Waals surface area contributed by atoms with E-state index < -0.39 is 6.10 Å². The average Bonchev–Trinajstić information content (AvgIpc) is 3.71. The summed E-state index contributed by atoms with van der Waals surface area (Å²) in [5.74, 6) is 2.19. The molecule has 1 aliphatic rings. The van der Waals surface area contributed by atoms with Crippen molar-refractivity contribution in [3.8, 4) is 17.2 Å². The molecule has 1 saturated carbocycles. The van der Waals surface area contributed by atoms with E-state index in [9.17, 15) is 9.90 Å². The Labute approximate surface area is 222 Å². The van der Waals surface area contributed by atoms with E-state index in [4.69, 9.17) is 27.6 Å². The number of aliphatic hydroxyl groups excluding tert-OH is 1. The van der Waals surface area contributed by atoms with Crippen LogP contribution in [0.5, 0.6) is 17.2 Å². The Balaban J connectivity index is 1.49. The molecule has 2 aromatic carbocycles. The molecule has 0 amide bonds. The largest absolute Gasteiger partial charge is 0.502 e. The number of ether oxygens (including phenoxy) is 2. The normalized spacial score (nSPS) is 13.9.